The number of benzene rings is 1. The molecule has 0 atom stereocenters. The lowest BCUT2D eigenvalue weighted by Crippen LogP contribution is -2.26. The molecular formula is C17H14F2N2O2. The van der Waals surface area contributed by atoms with Crippen LogP contribution in [-0.2, 0) is 4.74 Å². The molecule has 0 spiro atoms. The molecule has 1 aliphatic heterocycles. The molecule has 1 saturated heterocycles. The molecule has 1 aromatic heterocycles. The summed E-state index contributed by atoms with van der Waals surface area (Å²) >= 11 is 0. The van der Waals surface area contributed by atoms with Crippen molar-refractivity contribution >= 4 is 0 Å². The molecule has 0 aliphatic carbocycles. The third-order valence-corrected chi connectivity index (χ3v) is 3.69. The van der Waals surface area contributed by atoms with E-state index in [2.05, 4.69) is 4.98 Å². The highest BCUT2D eigenvalue weighted by Gasteiger charge is 2.18. The number of ether oxygens (including phenoxy) is 2. The van der Waals surface area contributed by atoms with Crippen LogP contribution in [0.2, 0.25) is 0 Å². The van der Waals surface area contributed by atoms with E-state index in [9.17, 15) is 14.0 Å². The van der Waals surface area contributed by atoms with Gasteiger partial charge in [0.2, 0.25) is 5.95 Å². The van der Waals surface area contributed by atoms with Crippen molar-refractivity contribution in [3.63, 3.8) is 0 Å². The third-order valence-electron chi connectivity index (χ3n) is 3.69. The van der Waals surface area contributed by atoms with Crippen LogP contribution in [0.15, 0.2) is 30.5 Å². The molecule has 1 fully saturated rings. The summed E-state index contributed by atoms with van der Waals surface area (Å²) in [4.78, 5) is 3.26. The molecule has 0 amide bonds. The van der Waals surface area contributed by atoms with Crippen LogP contribution in [0.5, 0.6) is 5.75 Å². The van der Waals surface area contributed by atoms with Gasteiger partial charge in [-0.15, -0.1) is 0 Å². The van der Waals surface area contributed by atoms with Gasteiger partial charge in [0.05, 0.1) is 25.0 Å². The van der Waals surface area contributed by atoms with Gasteiger partial charge < -0.3 is 9.47 Å². The number of pyridine rings is 1. The summed E-state index contributed by atoms with van der Waals surface area (Å²) in [6.45, 7) is 1.26. The van der Waals surface area contributed by atoms with E-state index in [1.807, 2.05) is 6.07 Å². The van der Waals surface area contributed by atoms with Crippen LogP contribution in [0.4, 0.5) is 8.78 Å². The summed E-state index contributed by atoms with van der Waals surface area (Å²) in [5.41, 5.74) is 0.747. The predicted octanol–water partition coefficient (Wildman–Crippen LogP) is 3.46. The Hall–Kier alpha value is -2.52. The fourth-order valence-electron chi connectivity index (χ4n) is 2.50. The minimum Gasteiger partial charge on any atom is -0.489 e. The summed E-state index contributed by atoms with van der Waals surface area (Å²) < 4.78 is 38.1. The number of halogens is 2. The Kier molecular flexibility index (Phi) is 4.49. The lowest BCUT2D eigenvalue weighted by Gasteiger charge is -2.23. The Morgan fingerprint density at radius 2 is 2.00 bits per heavy atom. The van der Waals surface area contributed by atoms with Crippen molar-refractivity contribution in [1.82, 2.24) is 4.98 Å². The Morgan fingerprint density at radius 1 is 1.22 bits per heavy atom. The second kappa shape index (κ2) is 6.71. The molecule has 2 aromatic rings. The highest BCUT2D eigenvalue weighted by molar-refractivity contribution is 5.67. The topological polar surface area (TPSA) is 55.1 Å². The van der Waals surface area contributed by atoms with Gasteiger partial charge in [0.25, 0.3) is 0 Å². The fraction of sp³-hybridized carbons (Fsp3) is 0.294. The standard InChI is InChI=1S/C17H14F2N2O2/c18-15-10-21-17(19)8-14(15)11-1-2-16(12(7-11)9-20)23-13-3-5-22-6-4-13/h1-2,7-8,10,13H,3-6H2. The number of rotatable bonds is 3. The maximum Gasteiger partial charge on any atom is 0.213 e. The number of hydrogen-bond acceptors (Lipinski definition) is 4. The molecule has 1 aromatic carbocycles. The molecule has 4 nitrogen and oxygen atoms in total. The monoisotopic (exact) mass is 316 g/mol. The van der Waals surface area contributed by atoms with Crippen LogP contribution in [0.3, 0.4) is 0 Å². The summed E-state index contributed by atoms with van der Waals surface area (Å²) in [5.74, 6) is -0.978. The molecular weight excluding hydrogens is 302 g/mol. The van der Waals surface area contributed by atoms with E-state index in [0.29, 0.717) is 24.5 Å². The van der Waals surface area contributed by atoms with E-state index in [-0.39, 0.29) is 17.2 Å². The van der Waals surface area contributed by atoms with Gasteiger partial charge in [-0.2, -0.15) is 9.65 Å². The molecule has 0 unspecified atom stereocenters. The lowest BCUT2D eigenvalue weighted by molar-refractivity contribution is 0.0254. The van der Waals surface area contributed by atoms with Gasteiger partial charge in [0.1, 0.15) is 23.7 Å². The number of aromatic nitrogens is 1. The Balaban J connectivity index is 1.90. The second-order valence-corrected chi connectivity index (χ2v) is 5.24. The van der Waals surface area contributed by atoms with Crippen LogP contribution < -0.4 is 4.74 Å². The van der Waals surface area contributed by atoms with Gasteiger partial charge in [-0.25, -0.2) is 9.37 Å². The Bertz CT molecular complexity index is 753. The van der Waals surface area contributed by atoms with Crippen LogP contribution in [-0.4, -0.2) is 24.3 Å². The quantitative estimate of drug-likeness (QED) is 0.814. The molecule has 1 aliphatic rings. The van der Waals surface area contributed by atoms with Gasteiger partial charge in [-0.05, 0) is 17.7 Å². The van der Waals surface area contributed by atoms with Crippen molar-refractivity contribution in [2.45, 2.75) is 18.9 Å². The van der Waals surface area contributed by atoms with Gasteiger partial charge >= 0.3 is 0 Å². The molecule has 3 rings (SSSR count). The highest BCUT2D eigenvalue weighted by atomic mass is 19.1. The average Bonchev–Trinajstić information content (AvgIpc) is 2.58. The molecule has 0 radical (unpaired) electrons. The minimum atomic E-state index is -0.776. The number of nitrogens with zero attached hydrogens (tertiary/aromatic N) is 2. The third kappa shape index (κ3) is 3.46. The highest BCUT2D eigenvalue weighted by Crippen LogP contribution is 2.29. The van der Waals surface area contributed by atoms with Gasteiger partial charge in [-0.1, -0.05) is 6.07 Å². The molecule has 118 valence electrons. The molecule has 0 saturated carbocycles. The summed E-state index contributed by atoms with van der Waals surface area (Å²) in [5, 5.41) is 9.31. The second-order valence-electron chi connectivity index (χ2n) is 5.24. The normalized spacial score (nSPS) is 15.2. The zero-order valence-corrected chi connectivity index (χ0v) is 12.3. The molecule has 6 heteroatoms. The van der Waals surface area contributed by atoms with Crippen LogP contribution in [0.1, 0.15) is 18.4 Å². The van der Waals surface area contributed by atoms with Crippen molar-refractivity contribution in [2.75, 3.05) is 13.2 Å². The van der Waals surface area contributed by atoms with E-state index in [4.69, 9.17) is 9.47 Å². The van der Waals surface area contributed by atoms with Crippen LogP contribution >= 0.6 is 0 Å². The van der Waals surface area contributed by atoms with Gasteiger partial charge in [0, 0.05) is 24.5 Å². The van der Waals surface area contributed by atoms with Crippen molar-refractivity contribution < 1.29 is 18.3 Å². The van der Waals surface area contributed by atoms with E-state index < -0.39 is 11.8 Å². The molecule has 2 heterocycles. The lowest BCUT2D eigenvalue weighted by atomic mass is 10.0. The first-order valence-electron chi connectivity index (χ1n) is 7.27. The molecule has 0 N–H and O–H groups in total. The van der Waals surface area contributed by atoms with Crippen molar-refractivity contribution in [3.8, 4) is 22.9 Å². The van der Waals surface area contributed by atoms with E-state index >= 15 is 0 Å². The van der Waals surface area contributed by atoms with Crippen molar-refractivity contribution in [2.24, 2.45) is 0 Å². The first-order valence-corrected chi connectivity index (χ1v) is 7.27. The summed E-state index contributed by atoms with van der Waals surface area (Å²) in [7, 11) is 0. The van der Waals surface area contributed by atoms with Gasteiger partial charge in [0.15, 0.2) is 0 Å². The van der Waals surface area contributed by atoms with E-state index in [1.165, 1.54) is 6.07 Å². The maximum absolute atomic E-state index is 13.8. The zero-order valence-electron chi connectivity index (χ0n) is 12.3. The number of nitriles is 1. The zero-order chi connectivity index (χ0) is 16.2. The molecule has 23 heavy (non-hydrogen) atoms. The summed E-state index contributed by atoms with van der Waals surface area (Å²) in [6, 6.07) is 7.76. The predicted molar refractivity (Wildman–Crippen MR) is 78.8 cm³/mol. The first kappa shape index (κ1) is 15.4. The first-order chi connectivity index (χ1) is 11.2. The number of hydrogen-bond donors (Lipinski definition) is 0. The smallest absolute Gasteiger partial charge is 0.213 e. The largest absolute Gasteiger partial charge is 0.489 e. The minimum absolute atomic E-state index is 0.00296. The fourth-order valence-corrected chi connectivity index (χ4v) is 2.50. The van der Waals surface area contributed by atoms with E-state index in [0.717, 1.165) is 25.1 Å². The van der Waals surface area contributed by atoms with Crippen molar-refractivity contribution in [1.29, 1.82) is 5.26 Å². The van der Waals surface area contributed by atoms with E-state index in [1.54, 1.807) is 12.1 Å². The Labute approximate surface area is 132 Å². The maximum atomic E-state index is 13.8. The average molecular weight is 316 g/mol. The Morgan fingerprint density at radius 3 is 2.74 bits per heavy atom. The molecule has 0 bridgehead atoms. The van der Waals surface area contributed by atoms with Crippen LogP contribution in [0, 0.1) is 23.1 Å². The summed E-state index contributed by atoms with van der Waals surface area (Å²) in [6.07, 6.45) is 2.34. The SMILES string of the molecule is N#Cc1cc(-c2cc(F)ncc2F)ccc1OC1CCOCC1. The van der Waals surface area contributed by atoms with Crippen LogP contribution in [0.25, 0.3) is 11.1 Å². The van der Waals surface area contributed by atoms with Crippen molar-refractivity contribution in [3.05, 3.63) is 47.8 Å². The van der Waals surface area contributed by atoms with Gasteiger partial charge in [-0.3, -0.25) is 0 Å².